The molecule has 3 heteroatoms. The van der Waals surface area contributed by atoms with Gasteiger partial charge in [-0.05, 0) is 25.0 Å². The Morgan fingerprint density at radius 3 is 2.00 bits per heavy atom. The van der Waals surface area contributed by atoms with Crippen LogP contribution in [0.2, 0.25) is 0 Å². The number of hydrogen-bond donors (Lipinski definition) is 1. The van der Waals surface area contributed by atoms with Gasteiger partial charge < -0.3 is 5.32 Å². The molecule has 78 valence electrons. The molecular weight excluding hydrogens is 184 g/mol. The van der Waals surface area contributed by atoms with Crippen molar-refractivity contribution in [1.29, 1.82) is 0 Å². The number of rotatable bonds is 3. The molecule has 1 nitrogen and oxygen atoms in total. The molecule has 0 bridgehead atoms. The maximum absolute atomic E-state index is 13.2. The van der Waals surface area contributed by atoms with Crippen LogP contribution in [0.15, 0.2) is 18.2 Å². The van der Waals surface area contributed by atoms with Gasteiger partial charge in [0, 0.05) is 6.04 Å². The summed E-state index contributed by atoms with van der Waals surface area (Å²) in [4.78, 5) is 0. The molecule has 0 spiro atoms. The summed E-state index contributed by atoms with van der Waals surface area (Å²) in [6, 6.07) is 3.90. The van der Waals surface area contributed by atoms with Crippen molar-refractivity contribution in [3.05, 3.63) is 29.8 Å². The summed E-state index contributed by atoms with van der Waals surface area (Å²) in [5.74, 6) is -0.760. The number of hydrogen-bond acceptors (Lipinski definition) is 1. The van der Waals surface area contributed by atoms with Crippen LogP contribution < -0.4 is 5.32 Å². The minimum absolute atomic E-state index is 0.0336. The first-order valence-corrected chi connectivity index (χ1v) is 4.73. The zero-order chi connectivity index (χ0) is 10.7. The second-order valence-electron chi connectivity index (χ2n) is 3.77. The molecule has 0 heterocycles. The van der Waals surface area contributed by atoms with Gasteiger partial charge in [0.25, 0.3) is 0 Å². The predicted octanol–water partition coefficient (Wildman–Crippen LogP) is 3.42. The fraction of sp³-hybridized carbons (Fsp3) is 0.455. The third kappa shape index (κ3) is 2.44. The van der Waals surface area contributed by atoms with Gasteiger partial charge in [0.2, 0.25) is 0 Å². The van der Waals surface area contributed by atoms with E-state index < -0.39 is 11.6 Å². The predicted molar refractivity (Wildman–Crippen MR) is 54.3 cm³/mol. The Morgan fingerprint density at radius 1 is 1.07 bits per heavy atom. The van der Waals surface area contributed by atoms with Crippen LogP contribution in [-0.4, -0.2) is 6.04 Å². The Hall–Kier alpha value is -1.12. The quantitative estimate of drug-likeness (QED) is 0.786. The fourth-order valence-electron chi connectivity index (χ4n) is 1.03. The van der Waals surface area contributed by atoms with Gasteiger partial charge in [0.15, 0.2) is 0 Å². The average Bonchev–Trinajstić information content (AvgIpc) is 2.11. The highest BCUT2D eigenvalue weighted by molar-refractivity contribution is 5.46. The minimum Gasteiger partial charge on any atom is -0.378 e. The Morgan fingerprint density at radius 2 is 1.57 bits per heavy atom. The second-order valence-corrected chi connectivity index (χ2v) is 3.77. The van der Waals surface area contributed by atoms with Crippen LogP contribution >= 0.6 is 0 Å². The van der Waals surface area contributed by atoms with Gasteiger partial charge in [-0.1, -0.05) is 19.9 Å². The monoisotopic (exact) mass is 199 g/mol. The van der Waals surface area contributed by atoms with E-state index in [0.29, 0.717) is 5.92 Å². The summed E-state index contributed by atoms with van der Waals surface area (Å²) in [5.41, 5.74) is -0.0336. The van der Waals surface area contributed by atoms with Gasteiger partial charge in [0.05, 0.1) is 0 Å². The first-order chi connectivity index (χ1) is 6.52. The highest BCUT2D eigenvalue weighted by Gasteiger charge is 2.12. The van der Waals surface area contributed by atoms with Crippen molar-refractivity contribution in [2.45, 2.75) is 26.8 Å². The van der Waals surface area contributed by atoms with Crippen molar-refractivity contribution >= 4 is 5.69 Å². The zero-order valence-corrected chi connectivity index (χ0v) is 8.64. The topological polar surface area (TPSA) is 12.0 Å². The largest absolute Gasteiger partial charge is 0.378 e. The maximum atomic E-state index is 13.2. The third-order valence-electron chi connectivity index (χ3n) is 2.33. The Bertz CT molecular complexity index is 290. The molecule has 0 aliphatic carbocycles. The minimum atomic E-state index is -0.544. The Balaban J connectivity index is 2.85. The summed E-state index contributed by atoms with van der Waals surface area (Å²) < 4.78 is 26.3. The van der Waals surface area contributed by atoms with Crippen molar-refractivity contribution in [1.82, 2.24) is 0 Å². The van der Waals surface area contributed by atoms with Crippen molar-refractivity contribution in [2.24, 2.45) is 5.92 Å². The maximum Gasteiger partial charge on any atom is 0.149 e. The lowest BCUT2D eigenvalue weighted by Gasteiger charge is -2.19. The highest BCUT2D eigenvalue weighted by atomic mass is 19.1. The number of halogens is 2. The smallest absolute Gasteiger partial charge is 0.149 e. The molecule has 0 amide bonds. The molecule has 0 radical (unpaired) electrons. The van der Waals surface area contributed by atoms with E-state index in [1.807, 2.05) is 20.8 Å². The number of nitrogens with one attached hydrogen (secondary N) is 1. The summed E-state index contributed by atoms with van der Waals surface area (Å²) in [5, 5.41) is 2.83. The van der Waals surface area contributed by atoms with Gasteiger partial charge in [-0.3, -0.25) is 0 Å². The van der Waals surface area contributed by atoms with Gasteiger partial charge in [0.1, 0.15) is 17.3 Å². The highest BCUT2D eigenvalue weighted by Crippen LogP contribution is 2.20. The summed E-state index contributed by atoms with van der Waals surface area (Å²) in [7, 11) is 0. The molecule has 1 unspecified atom stereocenters. The summed E-state index contributed by atoms with van der Waals surface area (Å²) in [6.45, 7) is 5.89. The van der Waals surface area contributed by atoms with Crippen LogP contribution in [0.1, 0.15) is 20.8 Å². The van der Waals surface area contributed by atoms with Gasteiger partial charge in [-0.2, -0.15) is 0 Å². The molecule has 0 aliphatic heterocycles. The van der Waals surface area contributed by atoms with E-state index in [-0.39, 0.29) is 11.7 Å². The molecule has 0 aliphatic rings. The molecule has 1 rings (SSSR count). The lowest BCUT2D eigenvalue weighted by molar-refractivity contribution is 0.538. The van der Waals surface area contributed by atoms with Gasteiger partial charge >= 0.3 is 0 Å². The van der Waals surface area contributed by atoms with E-state index in [1.165, 1.54) is 18.2 Å². The molecular formula is C11H15F2N. The third-order valence-corrected chi connectivity index (χ3v) is 2.33. The first-order valence-electron chi connectivity index (χ1n) is 4.73. The van der Waals surface area contributed by atoms with E-state index in [1.54, 1.807) is 0 Å². The van der Waals surface area contributed by atoms with Crippen LogP contribution in [-0.2, 0) is 0 Å². The van der Waals surface area contributed by atoms with E-state index in [9.17, 15) is 8.78 Å². The SMILES string of the molecule is CC(C)C(C)Nc1c(F)cccc1F. The Labute approximate surface area is 83.1 Å². The van der Waals surface area contributed by atoms with Crippen molar-refractivity contribution in [3.63, 3.8) is 0 Å². The lowest BCUT2D eigenvalue weighted by atomic mass is 10.1. The number of benzene rings is 1. The molecule has 0 aromatic heterocycles. The van der Waals surface area contributed by atoms with Crippen molar-refractivity contribution in [2.75, 3.05) is 5.32 Å². The van der Waals surface area contributed by atoms with Crippen LogP contribution in [0.3, 0.4) is 0 Å². The van der Waals surface area contributed by atoms with E-state index in [2.05, 4.69) is 5.32 Å². The molecule has 14 heavy (non-hydrogen) atoms. The number of anilines is 1. The molecule has 1 atom stereocenters. The molecule has 1 aromatic carbocycles. The van der Waals surface area contributed by atoms with E-state index in [0.717, 1.165) is 0 Å². The van der Waals surface area contributed by atoms with Crippen LogP contribution in [0.5, 0.6) is 0 Å². The zero-order valence-electron chi connectivity index (χ0n) is 8.64. The first kappa shape index (κ1) is 11.0. The number of para-hydroxylation sites is 1. The molecule has 0 saturated carbocycles. The summed E-state index contributed by atoms with van der Waals surface area (Å²) >= 11 is 0. The van der Waals surface area contributed by atoms with Gasteiger partial charge in [-0.15, -0.1) is 0 Å². The van der Waals surface area contributed by atoms with E-state index >= 15 is 0 Å². The fourth-order valence-corrected chi connectivity index (χ4v) is 1.03. The Kier molecular flexibility index (Phi) is 3.44. The molecule has 0 fully saturated rings. The van der Waals surface area contributed by atoms with E-state index in [4.69, 9.17) is 0 Å². The average molecular weight is 199 g/mol. The van der Waals surface area contributed by atoms with Crippen LogP contribution in [0.4, 0.5) is 14.5 Å². The second kappa shape index (κ2) is 4.40. The standard InChI is InChI=1S/C11H15F2N/c1-7(2)8(3)14-11-9(12)5-4-6-10(11)13/h4-8,14H,1-3H3. The molecule has 1 aromatic rings. The molecule has 0 saturated heterocycles. The normalized spacial score (nSPS) is 13.0. The summed E-state index contributed by atoms with van der Waals surface area (Å²) in [6.07, 6.45) is 0. The van der Waals surface area contributed by atoms with Crippen molar-refractivity contribution in [3.8, 4) is 0 Å². The van der Waals surface area contributed by atoms with Crippen LogP contribution in [0, 0.1) is 17.6 Å². The molecule has 1 N–H and O–H groups in total. The van der Waals surface area contributed by atoms with Crippen molar-refractivity contribution < 1.29 is 8.78 Å². The lowest BCUT2D eigenvalue weighted by Crippen LogP contribution is -2.22. The van der Waals surface area contributed by atoms with Crippen LogP contribution in [0.25, 0.3) is 0 Å². The van der Waals surface area contributed by atoms with Gasteiger partial charge in [-0.25, -0.2) is 8.78 Å².